The quantitative estimate of drug-likeness (QED) is 0.323. The van der Waals surface area contributed by atoms with E-state index in [1.165, 1.54) is 13.8 Å². The Hall–Kier alpha value is -1.56. The number of rotatable bonds is 9. The summed E-state index contributed by atoms with van der Waals surface area (Å²) in [7, 11) is 0. The highest BCUT2D eigenvalue weighted by Crippen LogP contribution is 2.21. The molecule has 0 aromatic carbocycles. The van der Waals surface area contributed by atoms with Crippen molar-refractivity contribution in [3.05, 3.63) is 0 Å². The number of terminal acetylenes is 1. The number of hydrogen-bond acceptors (Lipinski definition) is 6. The van der Waals surface area contributed by atoms with Gasteiger partial charge in [-0.2, -0.15) is 12.6 Å². The van der Waals surface area contributed by atoms with Gasteiger partial charge in [-0.3, -0.25) is 19.3 Å². The Labute approximate surface area is 141 Å². The van der Waals surface area contributed by atoms with Gasteiger partial charge in [0, 0.05) is 30.7 Å². The first-order chi connectivity index (χ1) is 10.7. The molecular formula is C15H24N2O5S. The van der Waals surface area contributed by atoms with Gasteiger partial charge in [0.25, 0.3) is 5.91 Å². The second kappa shape index (κ2) is 10.3. The molecule has 0 rings (SSSR count). The molecule has 0 aromatic rings. The number of carbonyl (C=O) groups excluding carboxylic acids is 3. The first kappa shape index (κ1) is 21.4. The summed E-state index contributed by atoms with van der Waals surface area (Å²) in [4.78, 5) is 36.7. The van der Waals surface area contributed by atoms with Crippen LogP contribution >= 0.6 is 12.6 Å². The average Bonchev–Trinajstić information content (AvgIpc) is 2.52. The molecule has 1 atom stereocenters. The van der Waals surface area contributed by atoms with Crippen LogP contribution in [-0.2, 0) is 14.4 Å². The maximum absolute atomic E-state index is 12.3. The third-order valence-electron chi connectivity index (χ3n) is 3.20. The van der Waals surface area contributed by atoms with E-state index in [4.69, 9.17) is 6.42 Å². The monoisotopic (exact) mass is 344 g/mol. The van der Waals surface area contributed by atoms with E-state index in [0.717, 1.165) is 4.90 Å². The number of aliphatic hydroxyl groups is 2. The fourth-order valence-electron chi connectivity index (χ4n) is 1.61. The lowest BCUT2D eigenvalue weighted by molar-refractivity contribution is -0.156. The van der Waals surface area contributed by atoms with Crippen molar-refractivity contribution in [3.63, 3.8) is 0 Å². The van der Waals surface area contributed by atoms with Crippen molar-refractivity contribution in [2.75, 3.05) is 25.4 Å². The largest absolute Gasteiger partial charge is 0.396 e. The van der Waals surface area contributed by atoms with Crippen LogP contribution in [0, 0.1) is 17.8 Å². The van der Waals surface area contributed by atoms with Crippen LogP contribution < -0.4 is 5.32 Å². The Morgan fingerprint density at radius 2 is 2.00 bits per heavy atom. The van der Waals surface area contributed by atoms with Crippen LogP contribution in [0.2, 0.25) is 0 Å². The van der Waals surface area contributed by atoms with Gasteiger partial charge in [0.2, 0.25) is 11.8 Å². The van der Waals surface area contributed by atoms with Crippen LogP contribution in [0.15, 0.2) is 0 Å². The Morgan fingerprint density at radius 1 is 1.39 bits per heavy atom. The molecule has 3 amide bonds. The van der Waals surface area contributed by atoms with E-state index >= 15 is 0 Å². The fraction of sp³-hybridized carbons (Fsp3) is 0.667. The molecule has 0 saturated heterocycles. The molecule has 0 unspecified atom stereocenters. The molecule has 7 nitrogen and oxygen atoms in total. The minimum atomic E-state index is -1.59. The lowest BCUT2D eigenvalue weighted by Gasteiger charge is -2.31. The number of amides is 3. The van der Waals surface area contributed by atoms with Crippen molar-refractivity contribution in [2.24, 2.45) is 5.41 Å². The molecule has 0 radical (unpaired) electrons. The maximum Gasteiger partial charge on any atom is 0.258 e. The third kappa shape index (κ3) is 7.03. The van der Waals surface area contributed by atoms with Crippen LogP contribution in [-0.4, -0.2) is 64.4 Å². The number of aliphatic hydroxyl groups excluding tert-OH is 2. The van der Waals surface area contributed by atoms with E-state index in [0.29, 0.717) is 12.3 Å². The summed E-state index contributed by atoms with van der Waals surface area (Å²) in [5.74, 6) is 0.694. The molecule has 0 bridgehead atoms. The third-order valence-corrected chi connectivity index (χ3v) is 3.42. The van der Waals surface area contributed by atoms with E-state index in [1.807, 2.05) is 0 Å². The van der Waals surface area contributed by atoms with E-state index < -0.39 is 29.9 Å². The molecule has 23 heavy (non-hydrogen) atoms. The van der Waals surface area contributed by atoms with Crippen LogP contribution in [0.3, 0.4) is 0 Å². The SMILES string of the molecule is C#CCC(=O)N(CCC(=O)NCCS)C(=O)[C@H](O)C(C)(C)CO. The zero-order valence-electron chi connectivity index (χ0n) is 13.4. The van der Waals surface area contributed by atoms with Gasteiger partial charge >= 0.3 is 0 Å². The summed E-state index contributed by atoms with van der Waals surface area (Å²) in [6.07, 6.45) is 3.06. The molecule has 130 valence electrons. The normalized spacial score (nSPS) is 12.2. The number of hydrogen-bond donors (Lipinski definition) is 4. The van der Waals surface area contributed by atoms with Crippen molar-refractivity contribution in [1.82, 2.24) is 10.2 Å². The van der Waals surface area contributed by atoms with Crippen molar-refractivity contribution in [3.8, 4) is 12.3 Å². The minimum absolute atomic E-state index is 0.109. The molecule has 0 aliphatic heterocycles. The molecule has 0 heterocycles. The predicted molar refractivity (Wildman–Crippen MR) is 88.5 cm³/mol. The molecule has 0 fully saturated rings. The molecule has 0 aromatic heterocycles. The zero-order chi connectivity index (χ0) is 18.0. The number of nitrogens with zero attached hydrogens (tertiary/aromatic N) is 1. The summed E-state index contributed by atoms with van der Waals surface area (Å²) in [5.41, 5.74) is -1.12. The van der Waals surface area contributed by atoms with Crippen molar-refractivity contribution in [1.29, 1.82) is 0 Å². The van der Waals surface area contributed by atoms with Gasteiger partial charge in [-0.25, -0.2) is 0 Å². The highest BCUT2D eigenvalue weighted by Gasteiger charge is 2.37. The van der Waals surface area contributed by atoms with Crippen LogP contribution in [0.4, 0.5) is 0 Å². The Balaban J connectivity index is 5.02. The number of carbonyl (C=O) groups is 3. The van der Waals surface area contributed by atoms with E-state index in [2.05, 4.69) is 23.9 Å². The molecule has 8 heteroatoms. The second-order valence-corrected chi connectivity index (χ2v) is 6.08. The van der Waals surface area contributed by atoms with Gasteiger partial charge in [-0.1, -0.05) is 19.8 Å². The number of nitrogens with one attached hydrogen (secondary N) is 1. The van der Waals surface area contributed by atoms with Gasteiger partial charge in [-0.15, -0.1) is 6.42 Å². The lowest BCUT2D eigenvalue weighted by atomic mass is 9.86. The average molecular weight is 344 g/mol. The van der Waals surface area contributed by atoms with Crippen molar-refractivity contribution >= 4 is 30.4 Å². The summed E-state index contributed by atoms with van der Waals surface area (Å²) >= 11 is 3.95. The van der Waals surface area contributed by atoms with E-state index in [1.54, 1.807) is 0 Å². The van der Waals surface area contributed by atoms with Gasteiger partial charge in [0.1, 0.15) is 6.10 Å². The van der Waals surface area contributed by atoms with Crippen molar-refractivity contribution < 1.29 is 24.6 Å². The highest BCUT2D eigenvalue weighted by molar-refractivity contribution is 7.80. The van der Waals surface area contributed by atoms with Crippen LogP contribution in [0.5, 0.6) is 0 Å². The van der Waals surface area contributed by atoms with Crippen molar-refractivity contribution in [2.45, 2.75) is 32.8 Å². The molecule has 3 N–H and O–H groups in total. The summed E-state index contributed by atoms with van der Waals surface area (Å²) in [6.45, 7) is 2.70. The summed E-state index contributed by atoms with van der Waals surface area (Å²) in [5, 5.41) is 21.9. The fourth-order valence-corrected chi connectivity index (χ4v) is 1.72. The molecule has 0 aliphatic carbocycles. The molecular weight excluding hydrogens is 320 g/mol. The maximum atomic E-state index is 12.3. The highest BCUT2D eigenvalue weighted by atomic mass is 32.1. The topological polar surface area (TPSA) is 107 Å². The zero-order valence-corrected chi connectivity index (χ0v) is 14.3. The first-order valence-electron chi connectivity index (χ1n) is 7.15. The lowest BCUT2D eigenvalue weighted by Crippen LogP contribution is -2.50. The Kier molecular flexibility index (Phi) is 9.56. The summed E-state index contributed by atoms with van der Waals surface area (Å²) in [6, 6.07) is 0. The van der Waals surface area contributed by atoms with E-state index in [-0.39, 0.29) is 25.3 Å². The van der Waals surface area contributed by atoms with Gasteiger partial charge < -0.3 is 15.5 Å². The minimum Gasteiger partial charge on any atom is -0.396 e. The standard InChI is InChI=1S/C15H24N2O5S/c1-4-5-12(20)17(8-6-11(19)16-7-9-23)14(22)13(21)15(2,3)10-18/h1,13,18,21,23H,5-10H2,2-3H3,(H,16,19)/t13-/m0/s1. The van der Waals surface area contributed by atoms with Gasteiger partial charge in [-0.05, 0) is 0 Å². The molecule has 0 saturated carbocycles. The number of imide groups is 1. The molecule has 0 spiro atoms. The Morgan fingerprint density at radius 3 is 2.48 bits per heavy atom. The Bertz CT molecular complexity index is 473. The summed E-state index contributed by atoms with van der Waals surface area (Å²) < 4.78 is 0. The number of thiol groups is 1. The molecule has 0 aliphatic rings. The smallest absolute Gasteiger partial charge is 0.258 e. The first-order valence-corrected chi connectivity index (χ1v) is 7.78. The van der Waals surface area contributed by atoms with Gasteiger partial charge in [0.05, 0.1) is 13.0 Å². The predicted octanol–water partition coefficient (Wildman–Crippen LogP) is -0.820. The van der Waals surface area contributed by atoms with Crippen LogP contribution in [0.1, 0.15) is 26.7 Å². The van der Waals surface area contributed by atoms with Crippen LogP contribution in [0.25, 0.3) is 0 Å². The van der Waals surface area contributed by atoms with E-state index in [9.17, 15) is 24.6 Å². The van der Waals surface area contributed by atoms with Gasteiger partial charge in [0.15, 0.2) is 0 Å². The second-order valence-electron chi connectivity index (χ2n) is 5.64.